The number of nitrogens with two attached hydrogens (primary N) is 1. The van der Waals surface area contributed by atoms with E-state index in [1.807, 2.05) is 24.3 Å². The third kappa shape index (κ3) is 2.36. The van der Waals surface area contributed by atoms with Crippen LogP contribution in [0.5, 0.6) is 0 Å². The number of hydrogen-bond donors (Lipinski definition) is 1. The number of nitrogens with zero attached hydrogens (tertiary/aromatic N) is 2. The maximum Gasteiger partial charge on any atom is 0.231 e. The zero-order valence-electron chi connectivity index (χ0n) is 10.0. The molecule has 1 aromatic heterocycles. The van der Waals surface area contributed by atoms with E-state index in [2.05, 4.69) is 10.1 Å². The van der Waals surface area contributed by atoms with Gasteiger partial charge in [-0.25, -0.2) is 0 Å². The molecule has 5 nitrogen and oxygen atoms in total. The molecule has 94 valence electrons. The van der Waals surface area contributed by atoms with Crippen molar-refractivity contribution in [2.75, 3.05) is 12.3 Å². The number of nitrogen functional groups attached to an aromatic ring is 1. The molecule has 1 aromatic carbocycles. The smallest absolute Gasteiger partial charge is 0.231 e. The first-order valence-electron chi connectivity index (χ1n) is 6.10. The highest BCUT2D eigenvalue weighted by atomic mass is 16.5. The van der Waals surface area contributed by atoms with Crippen LogP contribution in [0.1, 0.15) is 36.2 Å². The predicted molar refractivity (Wildman–Crippen MR) is 65.9 cm³/mol. The normalized spacial score (nSPS) is 19.2. The van der Waals surface area contributed by atoms with E-state index in [9.17, 15) is 0 Å². The van der Waals surface area contributed by atoms with Gasteiger partial charge in [-0.15, -0.1) is 0 Å². The van der Waals surface area contributed by atoms with Crippen molar-refractivity contribution < 1.29 is 9.26 Å². The Morgan fingerprint density at radius 1 is 1.28 bits per heavy atom. The summed E-state index contributed by atoms with van der Waals surface area (Å²) in [6.45, 7) is 0.784. The summed E-state index contributed by atoms with van der Waals surface area (Å²) < 4.78 is 10.8. The number of anilines is 1. The van der Waals surface area contributed by atoms with Crippen LogP contribution in [-0.2, 0) is 11.2 Å². The minimum atomic E-state index is 0.00826. The largest absolute Gasteiger partial charge is 0.399 e. The summed E-state index contributed by atoms with van der Waals surface area (Å²) in [7, 11) is 0. The van der Waals surface area contributed by atoms with Gasteiger partial charge in [-0.05, 0) is 30.5 Å². The minimum absolute atomic E-state index is 0.00826. The van der Waals surface area contributed by atoms with E-state index < -0.39 is 0 Å². The molecule has 1 fully saturated rings. The molecule has 2 heterocycles. The van der Waals surface area contributed by atoms with Gasteiger partial charge in [0.2, 0.25) is 11.7 Å². The van der Waals surface area contributed by atoms with Gasteiger partial charge in [0.15, 0.2) is 0 Å². The molecule has 1 saturated heterocycles. The molecule has 1 atom stereocenters. The maximum atomic E-state index is 5.64. The molecular weight excluding hydrogens is 230 g/mol. The van der Waals surface area contributed by atoms with Crippen LogP contribution in [0.3, 0.4) is 0 Å². The van der Waals surface area contributed by atoms with Gasteiger partial charge in [0.05, 0.1) is 6.42 Å². The average Bonchev–Trinajstić information content (AvgIpc) is 3.02. The van der Waals surface area contributed by atoms with Crippen LogP contribution in [0.15, 0.2) is 28.8 Å². The molecular formula is C13H15N3O2. The molecule has 0 radical (unpaired) electrons. The molecule has 5 heteroatoms. The summed E-state index contributed by atoms with van der Waals surface area (Å²) in [6, 6.07) is 7.66. The summed E-state index contributed by atoms with van der Waals surface area (Å²) >= 11 is 0. The van der Waals surface area contributed by atoms with Crippen LogP contribution in [0.25, 0.3) is 0 Å². The first kappa shape index (κ1) is 11.2. The van der Waals surface area contributed by atoms with Crippen LogP contribution < -0.4 is 5.73 Å². The quantitative estimate of drug-likeness (QED) is 0.838. The molecule has 1 unspecified atom stereocenters. The van der Waals surface area contributed by atoms with Gasteiger partial charge in [-0.1, -0.05) is 17.3 Å². The van der Waals surface area contributed by atoms with E-state index in [-0.39, 0.29) is 6.10 Å². The van der Waals surface area contributed by atoms with E-state index >= 15 is 0 Å². The Morgan fingerprint density at radius 2 is 2.11 bits per heavy atom. The van der Waals surface area contributed by atoms with Crippen molar-refractivity contribution in [2.45, 2.75) is 25.4 Å². The molecule has 2 N–H and O–H groups in total. The molecule has 0 amide bonds. The summed E-state index contributed by atoms with van der Waals surface area (Å²) in [5.41, 5.74) is 7.50. The molecule has 0 saturated carbocycles. The number of ether oxygens (including phenoxy) is 1. The minimum Gasteiger partial charge on any atom is -0.399 e. The summed E-state index contributed by atoms with van der Waals surface area (Å²) in [5, 5.41) is 3.98. The number of benzene rings is 1. The Hall–Kier alpha value is -1.88. The first-order chi connectivity index (χ1) is 8.81. The first-order valence-corrected chi connectivity index (χ1v) is 6.10. The summed E-state index contributed by atoms with van der Waals surface area (Å²) in [5.74, 6) is 1.28. The van der Waals surface area contributed by atoms with E-state index in [4.69, 9.17) is 15.0 Å². The fraction of sp³-hybridized carbons (Fsp3) is 0.385. The molecule has 0 spiro atoms. The van der Waals surface area contributed by atoms with E-state index in [0.717, 1.165) is 30.7 Å². The van der Waals surface area contributed by atoms with E-state index in [1.54, 1.807) is 0 Å². The average molecular weight is 245 g/mol. The SMILES string of the molecule is Nc1ccc(Cc2nc(C3CCCO3)no2)cc1. The fourth-order valence-electron chi connectivity index (χ4n) is 2.06. The second kappa shape index (κ2) is 4.78. The summed E-state index contributed by atoms with van der Waals surface area (Å²) in [6.07, 6.45) is 2.67. The van der Waals surface area contributed by atoms with Gasteiger partial charge in [-0.2, -0.15) is 4.98 Å². The molecule has 1 aliphatic rings. The third-order valence-corrected chi connectivity index (χ3v) is 3.04. The number of rotatable bonds is 3. The van der Waals surface area contributed by atoms with Crippen LogP contribution in [0.4, 0.5) is 5.69 Å². The van der Waals surface area contributed by atoms with Crippen LogP contribution in [-0.4, -0.2) is 16.7 Å². The van der Waals surface area contributed by atoms with Gasteiger partial charge in [0.1, 0.15) is 6.10 Å². The number of hydrogen-bond acceptors (Lipinski definition) is 5. The van der Waals surface area contributed by atoms with Crippen molar-refractivity contribution in [2.24, 2.45) is 0 Å². The lowest BCUT2D eigenvalue weighted by Crippen LogP contribution is -1.98. The Bertz CT molecular complexity index is 515. The van der Waals surface area contributed by atoms with Crippen molar-refractivity contribution in [3.63, 3.8) is 0 Å². The lowest BCUT2D eigenvalue weighted by Gasteiger charge is -2.01. The third-order valence-electron chi connectivity index (χ3n) is 3.04. The molecule has 2 aromatic rings. The highest BCUT2D eigenvalue weighted by molar-refractivity contribution is 5.39. The Morgan fingerprint density at radius 3 is 2.83 bits per heavy atom. The molecule has 1 aliphatic heterocycles. The van der Waals surface area contributed by atoms with E-state index in [1.165, 1.54) is 0 Å². The lowest BCUT2D eigenvalue weighted by molar-refractivity contribution is 0.103. The topological polar surface area (TPSA) is 74.2 Å². The maximum absolute atomic E-state index is 5.64. The predicted octanol–water partition coefficient (Wildman–Crippen LogP) is 2.09. The van der Waals surface area contributed by atoms with Crippen molar-refractivity contribution >= 4 is 5.69 Å². The van der Waals surface area contributed by atoms with Crippen LogP contribution in [0.2, 0.25) is 0 Å². The monoisotopic (exact) mass is 245 g/mol. The zero-order chi connectivity index (χ0) is 12.4. The van der Waals surface area contributed by atoms with Gasteiger partial charge in [0, 0.05) is 12.3 Å². The molecule has 0 bridgehead atoms. The van der Waals surface area contributed by atoms with Gasteiger partial charge >= 0.3 is 0 Å². The Kier molecular flexibility index (Phi) is 2.98. The standard InChI is InChI=1S/C13H15N3O2/c14-10-5-3-9(4-6-10)8-12-15-13(16-18-12)11-2-1-7-17-11/h3-6,11H,1-2,7-8,14H2. The highest BCUT2D eigenvalue weighted by Crippen LogP contribution is 2.26. The molecule has 18 heavy (non-hydrogen) atoms. The van der Waals surface area contributed by atoms with Crippen molar-refractivity contribution in [1.82, 2.24) is 10.1 Å². The fourth-order valence-corrected chi connectivity index (χ4v) is 2.06. The van der Waals surface area contributed by atoms with E-state index in [0.29, 0.717) is 18.1 Å². The molecule has 0 aliphatic carbocycles. The molecule has 3 rings (SSSR count). The van der Waals surface area contributed by atoms with Gasteiger partial charge in [0.25, 0.3) is 0 Å². The summed E-state index contributed by atoms with van der Waals surface area (Å²) in [4.78, 5) is 4.38. The number of aromatic nitrogens is 2. The Balaban J connectivity index is 1.71. The van der Waals surface area contributed by atoms with Crippen LogP contribution in [0, 0.1) is 0 Å². The van der Waals surface area contributed by atoms with Crippen LogP contribution >= 0.6 is 0 Å². The van der Waals surface area contributed by atoms with Gasteiger partial charge < -0.3 is 15.0 Å². The Labute approximate surface area is 105 Å². The zero-order valence-corrected chi connectivity index (χ0v) is 10.0. The van der Waals surface area contributed by atoms with Crippen molar-refractivity contribution in [3.8, 4) is 0 Å². The highest BCUT2D eigenvalue weighted by Gasteiger charge is 2.23. The second-order valence-corrected chi connectivity index (χ2v) is 4.47. The van der Waals surface area contributed by atoms with Crippen molar-refractivity contribution in [3.05, 3.63) is 41.5 Å². The lowest BCUT2D eigenvalue weighted by atomic mass is 10.1. The van der Waals surface area contributed by atoms with Crippen molar-refractivity contribution in [1.29, 1.82) is 0 Å². The van der Waals surface area contributed by atoms with Gasteiger partial charge in [-0.3, -0.25) is 0 Å². The second-order valence-electron chi connectivity index (χ2n) is 4.47.